The number of piperidine rings is 1. The molecule has 2 aliphatic heterocycles. The van der Waals surface area contributed by atoms with Crippen LogP contribution in [-0.4, -0.2) is 61.7 Å². The lowest BCUT2D eigenvalue weighted by molar-refractivity contribution is 0.0384. The van der Waals surface area contributed by atoms with Crippen molar-refractivity contribution in [3.05, 3.63) is 52.3 Å². The number of morpholine rings is 1. The van der Waals surface area contributed by atoms with Crippen LogP contribution >= 0.6 is 15.9 Å². The van der Waals surface area contributed by atoms with Gasteiger partial charge in [0, 0.05) is 32.7 Å². The maximum atomic E-state index is 12.9. The van der Waals surface area contributed by atoms with Crippen LogP contribution in [0, 0.1) is 0 Å². The number of carbonyl (C=O) groups is 1. The molecule has 0 atom stereocenters. The third kappa shape index (κ3) is 5.59. The fraction of sp³-hybridized carbons (Fsp3) is 0.478. The molecule has 7 heteroatoms. The maximum absolute atomic E-state index is 12.9. The lowest BCUT2D eigenvalue weighted by atomic mass is 10.1. The highest BCUT2D eigenvalue weighted by Gasteiger charge is 2.18. The molecule has 2 aromatic rings. The second-order valence-electron chi connectivity index (χ2n) is 7.90. The van der Waals surface area contributed by atoms with Crippen LogP contribution < -0.4 is 10.2 Å². The number of amides is 1. The molecule has 1 aromatic carbocycles. The van der Waals surface area contributed by atoms with Crippen molar-refractivity contribution in [2.24, 2.45) is 0 Å². The summed E-state index contributed by atoms with van der Waals surface area (Å²) < 4.78 is 6.10. The van der Waals surface area contributed by atoms with E-state index >= 15 is 0 Å². The van der Waals surface area contributed by atoms with Crippen LogP contribution in [0.25, 0.3) is 0 Å². The Morgan fingerprint density at radius 2 is 1.87 bits per heavy atom. The first-order valence-corrected chi connectivity index (χ1v) is 11.6. The van der Waals surface area contributed by atoms with Crippen LogP contribution in [0.3, 0.4) is 0 Å². The quantitative estimate of drug-likeness (QED) is 0.644. The predicted octanol–water partition coefficient (Wildman–Crippen LogP) is 3.96. The minimum atomic E-state index is -0.181. The van der Waals surface area contributed by atoms with Gasteiger partial charge in [-0.2, -0.15) is 0 Å². The Balaban J connectivity index is 1.53. The highest BCUT2D eigenvalue weighted by Crippen LogP contribution is 2.30. The van der Waals surface area contributed by atoms with Crippen LogP contribution in [0.4, 0.5) is 11.4 Å². The number of hydrogen-bond donors (Lipinski definition) is 1. The third-order valence-corrected chi connectivity index (χ3v) is 6.22. The number of anilines is 2. The lowest BCUT2D eigenvalue weighted by Crippen LogP contribution is -2.37. The average Bonchev–Trinajstić information content (AvgIpc) is 2.79. The molecule has 0 aliphatic carbocycles. The van der Waals surface area contributed by atoms with E-state index in [0.29, 0.717) is 10.3 Å². The van der Waals surface area contributed by atoms with Crippen LogP contribution in [0.1, 0.15) is 35.3 Å². The number of pyridine rings is 1. The van der Waals surface area contributed by atoms with E-state index in [9.17, 15) is 4.79 Å². The highest BCUT2D eigenvalue weighted by atomic mass is 79.9. The number of aromatic nitrogens is 1. The van der Waals surface area contributed by atoms with Crippen LogP contribution in [-0.2, 0) is 11.2 Å². The van der Waals surface area contributed by atoms with Gasteiger partial charge in [0.1, 0.15) is 10.3 Å². The summed E-state index contributed by atoms with van der Waals surface area (Å²) in [5.74, 6) is -0.181. The number of hydrogen-bond acceptors (Lipinski definition) is 5. The molecule has 1 aromatic heterocycles. The average molecular weight is 473 g/mol. The Labute approximate surface area is 186 Å². The molecule has 0 saturated carbocycles. The summed E-state index contributed by atoms with van der Waals surface area (Å²) in [6.07, 6.45) is 4.62. The summed E-state index contributed by atoms with van der Waals surface area (Å²) in [5.41, 5.74) is 3.63. The number of rotatable bonds is 6. The zero-order chi connectivity index (χ0) is 20.8. The van der Waals surface area contributed by atoms with Gasteiger partial charge in [0.25, 0.3) is 5.91 Å². The van der Waals surface area contributed by atoms with Crippen molar-refractivity contribution in [2.45, 2.75) is 25.7 Å². The fourth-order valence-electron chi connectivity index (χ4n) is 4.08. The number of nitrogens with one attached hydrogen (secondary N) is 1. The zero-order valence-corrected chi connectivity index (χ0v) is 18.9. The van der Waals surface area contributed by atoms with Crippen molar-refractivity contribution < 1.29 is 9.53 Å². The molecule has 2 aliphatic rings. The van der Waals surface area contributed by atoms with Gasteiger partial charge in [-0.1, -0.05) is 12.1 Å². The Kier molecular flexibility index (Phi) is 7.36. The van der Waals surface area contributed by atoms with E-state index in [1.54, 1.807) is 6.07 Å². The Hall–Kier alpha value is -1.96. The Morgan fingerprint density at radius 3 is 2.63 bits per heavy atom. The van der Waals surface area contributed by atoms with Crippen molar-refractivity contribution in [3.63, 3.8) is 0 Å². The molecule has 0 spiro atoms. The number of halogens is 1. The van der Waals surface area contributed by atoms with Gasteiger partial charge >= 0.3 is 0 Å². The summed E-state index contributed by atoms with van der Waals surface area (Å²) in [7, 11) is 0. The van der Waals surface area contributed by atoms with Crippen LogP contribution in [0.2, 0.25) is 0 Å². The van der Waals surface area contributed by atoms with Crippen molar-refractivity contribution in [1.82, 2.24) is 9.88 Å². The van der Waals surface area contributed by atoms with E-state index < -0.39 is 0 Å². The largest absolute Gasteiger partial charge is 0.379 e. The molecule has 1 amide bonds. The number of ether oxygens (including phenoxy) is 1. The minimum Gasteiger partial charge on any atom is -0.379 e. The Morgan fingerprint density at radius 1 is 1.07 bits per heavy atom. The molecule has 0 bridgehead atoms. The third-order valence-electron chi connectivity index (χ3n) is 5.77. The zero-order valence-electron chi connectivity index (χ0n) is 17.3. The molecule has 2 fully saturated rings. The van der Waals surface area contributed by atoms with Crippen molar-refractivity contribution in [3.8, 4) is 0 Å². The van der Waals surface area contributed by atoms with Gasteiger partial charge in [-0.25, -0.2) is 4.98 Å². The summed E-state index contributed by atoms with van der Waals surface area (Å²) >= 11 is 3.35. The van der Waals surface area contributed by atoms with E-state index in [1.165, 1.54) is 24.8 Å². The molecule has 1 N–H and O–H groups in total. The molecule has 30 heavy (non-hydrogen) atoms. The fourth-order valence-corrected chi connectivity index (χ4v) is 4.43. The first kappa shape index (κ1) is 21.3. The molecule has 3 heterocycles. The van der Waals surface area contributed by atoms with Crippen molar-refractivity contribution >= 4 is 33.2 Å². The van der Waals surface area contributed by atoms with Gasteiger partial charge in [0.2, 0.25) is 0 Å². The number of carbonyl (C=O) groups excluding carboxylic acids is 1. The molecule has 0 unspecified atom stereocenters. The summed E-state index contributed by atoms with van der Waals surface area (Å²) in [6, 6.07) is 11.9. The van der Waals surface area contributed by atoms with Gasteiger partial charge in [-0.3, -0.25) is 9.69 Å². The normalized spacial score (nSPS) is 17.7. The smallest absolute Gasteiger partial charge is 0.274 e. The SMILES string of the molecule is O=C(Nc1cc(CCN2CCOCC2)ccc1N1CCCCC1)c1cccc(Br)n1. The molecule has 6 nitrogen and oxygen atoms in total. The predicted molar refractivity (Wildman–Crippen MR) is 123 cm³/mol. The topological polar surface area (TPSA) is 57.7 Å². The molecule has 160 valence electrons. The van der Waals surface area contributed by atoms with Crippen molar-refractivity contribution in [2.75, 3.05) is 56.2 Å². The van der Waals surface area contributed by atoms with E-state index in [0.717, 1.165) is 63.7 Å². The minimum absolute atomic E-state index is 0.181. The lowest BCUT2D eigenvalue weighted by Gasteiger charge is -2.31. The van der Waals surface area contributed by atoms with E-state index in [2.05, 4.69) is 54.2 Å². The van der Waals surface area contributed by atoms with E-state index in [4.69, 9.17) is 4.74 Å². The van der Waals surface area contributed by atoms with Crippen LogP contribution in [0.5, 0.6) is 0 Å². The molecular formula is C23H29BrN4O2. The molecule has 4 rings (SSSR count). The van der Waals surface area contributed by atoms with Gasteiger partial charge in [0.15, 0.2) is 0 Å². The highest BCUT2D eigenvalue weighted by molar-refractivity contribution is 9.10. The number of benzene rings is 1. The van der Waals surface area contributed by atoms with Crippen molar-refractivity contribution in [1.29, 1.82) is 0 Å². The molecule has 0 radical (unpaired) electrons. The van der Waals surface area contributed by atoms with Gasteiger partial charge in [-0.05, 0) is 71.4 Å². The second-order valence-corrected chi connectivity index (χ2v) is 8.72. The standard InChI is InChI=1S/C23H29BrN4O2/c24-22-6-4-5-19(25-22)23(29)26-20-17-18(9-12-27-13-15-30-16-14-27)7-8-21(20)28-10-2-1-3-11-28/h4-8,17H,1-3,9-16H2,(H,26,29). The Bertz CT molecular complexity index is 864. The molecular weight excluding hydrogens is 444 g/mol. The summed E-state index contributed by atoms with van der Waals surface area (Å²) in [6.45, 7) is 6.68. The van der Waals surface area contributed by atoms with Gasteiger partial charge < -0.3 is 15.0 Å². The van der Waals surface area contributed by atoms with Gasteiger partial charge in [-0.15, -0.1) is 0 Å². The maximum Gasteiger partial charge on any atom is 0.274 e. The monoisotopic (exact) mass is 472 g/mol. The van der Waals surface area contributed by atoms with Crippen LogP contribution in [0.15, 0.2) is 41.0 Å². The van der Waals surface area contributed by atoms with E-state index in [1.807, 2.05) is 12.1 Å². The first-order chi connectivity index (χ1) is 14.7. The first-order valence-electron chi connectivity index (χ1n) is 10.8. The summed E-state index contributed by atoms with van der Waals surface area (Å²) in [4.78, 5) is 22.0. The van der Waals surface area contributed by atoms with E-state index in [-0.39, 0.29) is 5.91 Å². The molecule has 2 saturated heterocycles. The number of nitrogens with zero attached hydrogens (tertiary/aromatic N) is 3. The summed E-state index contributed by atoms with van der Waals surface area (Å²) in [5, 5.41) is 3.13. The second kappa shape index (κ2) is 10.4. The van der Waals surface area contributed by atoms with Gasteiger partial charge in [0.05, 0.1) is 24.6 Å².